The molecule has 6 heteroatoms. The number of benzene rings is 1. The summed E-state index contributed by atoms with van der Waals surface area (Å²) in [4.78, 5) is 22.4. The van der Waals surface area contributed by atoms with E-state index in [-0.39, 0.29) is 11.6 Å². The van der Waals surface area contributed by atoms with Crippen LogP contribution >= 0.6 is 0 Å². The van der Waals surface area contributed by atoms with Gasteiger partial charge in [-0.05, 0) is 18.9 Å². The fourth-order valence-corrected chi connectivity index (χ4v) is 3.27. The molecule has 1 aliphatic heterocycles. The summed E-state index contributed by atoms with van der Waals surface area (Å²) in [5, 5.41) is 12.2. The van der Waals surface area contributed by atoms with Crippen molar-refractivity contribution in [1.82, 2.24) is 14.9 Å². The molecule has 1 aromatic carbocycles. The average molecular weight is 349 g/mol. The maximum Gasteiger partial charge on any atom is 0.263 e. The van der Waals surface area contributed by atoms with E-state index in [1.165, 1.54) is 0 Å². The lowest BCUT2D eigenvalue weighted by atomic mass is 10.1. The second-order valence-corrected chi connectivity index (χ2v) is 6.39. The minimum atomic E-state index is -0.0778. The molecule has 6 nitrogen and oxygen atoms in total. The van der Waals surface area contributed by atoms with E-state index in [1.54, 1.807) is 4.57 Å². The Bertz CT molecular complexity index is 908. The van der Waals surface area contributed by atoms with E-state index in [0.29, 0.717) is 31.6 Å². The predicted molar refractivity (Wildman–Crippen MR) is 101 cm³/mol. The van der Waals surface area contributed by atoms with E-state index in [0.717, 1.165) is 29.2 Å². The van der Waals surface area contributed by atoms with Crippen molar-refractivity contribution < 1.29 is 0 Å². The van der Waals surface area contributed by atoms with Crippen LogP contribution in [0.3, 0.4) is 0 Å². The maximum absolute atomic E-state index is 13.2. The Labute approximate surface area is 153 Å². The van der Waals surface area contributed by atoms with Crippen molar-refractivity contribution in [2.45, 2.75) is 45.8 Å². The lowest BCUT2D eigenvalue weighted by molar-refractivity contribution is 0.467. The number of nitrogens with zero attached hydrogens (tertiary/aromatic N) is 4. The number of aromatic nitrogens is 2. The SMILES string of the molecule is CCC(NCCC#N)c1nc2c(c(=O)n1Cc1ccccc1)C(C)=NC2. The molecule has 0 saturated heterocycles. The highest BCUT2D eigenvalue weighted by Gasteiger charge is 2.25. The van der Waals surface area contributed by atoms with E-state index >= 15 is 0 Å². The molecule has 1 atom stereocenters. The van der Waals surface area contributed by atoms with Crippen LogP contribution in [0, 0.1) is 11.3 Å². The summed E-state index contributed by atoms with van der Waals surface area (Å²) in [6.45, 7) is 5.42. The Balaban J connectivity index is 2.06. The maximum atomic E-state index is 13.2. The molecule has 1 aromatic heterocycles. The van der Waals surface area contributed by atoms with Crippen molar-refractivity contribution in [3.05, 3.63) is 63.3 Å². The van der Waals surface area contributed by atoms with Gasteiger partial charge in [-0.25, -0.2) is 4.98 Å². The zero-order valence-electron chi connectivity index (χ0n) is 15.2. The molecule has 0 saturated carbocycles. The number of fused-ring (bicyclic) bond motifs is 1. The number of aliphatic imine (C=N–C) groups is 1. The molecule has 1 unspecified atom stereocenters. The topological polar surface area (TPSA) is 83.1 Å². The highest BCUT2D eigenvalue weighted by Crippen LogP contribution is 2.20. The summed E-state index contributed by atoms with van der Waals surface area (Å²) in [7, 11) is 0. The lowest BCUT2D eigenvalue weighted by Crippen LogP contribution is -2.35. The third-order valence-corrected chi connectivity index (χ3v) is 4.63. The molecule has 134 valence electrons. The van der Waals surface area contributed by atoms with Crippen molar-refractivity contribution in [2.24, 2.45) is 4.99 Å². The fourth-order valence-electron chi connectivity index (χ4n) is 3.27. The summed E-state index contributed by atoms with van der Waals surface area (Å²) >= 11 is 0. The van der Waals surface area contributed by atoms with Crippen LogP contribution in [0.1, 0.15) is 55.4 Å². The van der Waals surface area contributed by atoms with Gasteiger partial charge in [0, 0.05) is 18.7 Å². The molecule has 3 rings (SSSR count). The second-order valence-electron chi connectivity index (χ2n) is 6.39. The molecule has 1 aliphatic rings. The molecular weight excluding hydrogens is 326 g/mol. The van der Waals surface area contributed by atoms with Gasteiger partial charge in [0.15, 0.2) is 0 Å². The van der Waals surface area contributed by atoms with Crippen molar-refractivity contribution in [2.75, 3.05) is 6.54 Å². The fraction of sp³-hybridized carbons (Fsp3) is 0.400. The molecular formula is C20H23N5O. The number of rotatable bonds is 7. The van der Waals surface area contributed by atoms with Crippen LogP contribution in [-0.2, 0) is 13.1 Å². The van der Waals surface area contributed by atoms with E-state index in [1.807, 2.05) is 37.3 Å². The van der Waals surface area contributed by atoms with Gasteiger partial charge in [0.25, 0.3) is 5.56 Å². The van der Waals surface area contributed by atoms with E-state index < -0.39 is 0 Å². The summed E-state index contributed by atoms with van der Waals surface area (Å²) in [5.41, 5.74) is 3.17. The van der Waals surface area contributed by atoms with Crippen LogP contribution in [0.15, 0.2) is 40.1 Å². The molecule has 0 fully saturated rings. The van der Waals surface area contributed by atoms with Gasteiger partial charge in [-0.3, -0.25) is 14.4 Å². The first-order valence-corrected chi connectivity index (χ1v) is 8.95. The van der Waals surface area contributed by atoms with Gasteiger partial charge in [-0.15, -0.1) is 0 Å². The number of hydrogen-bond donors (Lipinski definition) is 1. The molecule has 2 heterocycles. The summed E-state index contributed by atoms with van der Waals surface area (Å²) in [6, 6.07) is 12.0. The number of hydrogen-bond acceptors (Lipinski definition) is 5. The van der Waals surface area contributed by atoms with Gasteiger partial charge >= 0.3 is 0 Å². The number of nitriles is 1. The highest BCUT2D eigenvalue weighted by atomic mass is 16.1. The quantitative estimate of drug-likeness (QED) is 0.779. The van der Waals surface area contributed by atoms with Gasteiger partial charge in [0.1, 0.15) is 5.82 Å². The molecule has 0 spiro atoms. The Morgan fingerprint density at radius 3 is 2.81 bits per heavy atom. The molecule has 2 aromatic rings. The molecule has 1 N–H and O–H groups in total. The van der Waals surface area contributed by atoms with Crippen molar-refractivity contribution in [3.8, 4) is 6.07 Å². The zero-order chi connectivity index (χ0) is 18.5. The highest BCUT2D eigenvalue weighted by molar-refractivity contribution is 6.01. The van der Waals surface area contributed by atoms with Gasteiger partial charge in [-0.1, -0.05) is 37.3 Å². The average Bonchev–Trinajstić information content (AvgIpc) is 3.03. The van der Waals surface area contributed by atoms with Crippen LogP contribution in [0.2, 0.25) is 0 Å². The van der Waals surface area contributed by atoms with Crippen LogP contribution in [-0.4, -0.2) is 21.8 Å². The molecule has 0 aliphatic carbocycles. The molecule has 0 amide bonds. The Morgan fingerprint density at radius 1 is 1.35 bits per heavy atom. The van der Waals surface area contributed by atoms with Crippen LogP contribution in [0.25, 0.3) is 0 Å². The minimum Gasteiger partial charge on any atom is -0.306 e. The predicted octanol–water partition coefficient (Wildman–Crippen LogP) is 2.57. The van der Waals surface area contributed by atoms with Gasteiger partial charge in [0.05, 0.1) is 36.5 Å². The van der Waals surface area contributed by atoms with E-state index in [9.17, 15) is 4.79 Å². The first kappa shape index (κ1) is 18.0. The minimum absolute atomic E-state index is 0.0341. The third-order valence-electron chi connectivity index (χ3n) is 4.63. The first-order valence-electron chi connectivity index (χ1n) is 8.95. The van der Waals surface area contributed by atoms with Crippen LogP contribution in [0.4, 0.5) is 0 Å². The van der Waals surface area contributed by atoms with Crippen LogP contribution in [0.5, 0.6) is 0 Å². The van der Waals surface area contributed by atoms with Crippen LogP contribution < -0.4 is 10.9 Å². The zero-order valence-corrected chi connectivity index (χ0v) is 15.2. The van der Waals surface area contributed by atoms with E-state index in [4.69, 9.17) is 10.2 Å². The summed E-state index contributed by atoms with van der Waals surface area (Å²) in [6.07, 6.45) is 1.21. The Morgan fingerprint density at radius 2 is 2.12 bits per heavy atom. The summed E-state index contributed by atoms with van der Waals surface area (Å²) in [5.74, 6) is 0.725. The standard InChI is InChI=1S/C20H23N5O/c1-3-16(22-11-7-10-21)19-24-17-12-23-14(2)18(17)20(26)25(19)13-15-8-5-4-6-9-15/h4-6,8-9,16,22H,3,7,11-13H2,1-2H3. The molecule has 0 bridgehead atoms. The Kier molecular flexibility index (Phi) is 5.59. The smallest absolute Gasteiger partial charge is 0.263 e. The molecule has 0 radical (unpaired) electrons. The molecule has 26 heavy (non-hydrogen) atoms. The summed E-state index contributed by atoms with van der Waals surface area (Å²) < 4.78 is 1.76. The van der Waals surface area contributed by atoms with Crippen molar-refractivity contribution in [3.63, 3.8) is 0 Å². The third kappa shape index (κ3) is 3.58. The van der Waals surface area contributed by atoms with Crippen molar-refractivity contribution in [1.29, 1.82) is 5.26 Å². The first-order chi connectivity index (χ1) is 12.7. The Hall–Kier alpha value is -2.78. The largest absolute Gasteiger partial charge is 0.306 e. The van der Waals surface area contributed by atoms with Crippen molar-refractivity contribution >= 4 is 5.71 Å². The lowest BCUT2D eigenvalue weighted by Gasteiger charge is -2.22. The van der Waals surface area contributed by atoms with Gasteiger partial charge in [0.2, 0.25) is 0 Å². The monoisotopic (exact) mass is 349 g/mol. The van der Waals surface area contributed by atoms with E-state index in [2.05, 4.69) is 23.3 Å². The second kappa shape index (κ2) is 8.07. The van der Waals surface area contributed by atoms with Gasteiger partial charge in [-0.2, -0.15) is 5.26 Å². The van der Waals surface area contributed by atoms with Gasteiger partial charge < -0.3 is 5.32 Å². The normalized spacial score (nSPS) is 13.8. The number of nitrogens with one attached hydrogen (secondary N) is 1.